The second kappa shape index (κ2) is 5.80. The Labute approximate surface area is 124 Å². The molecule has 104 valence electrons. The fourth-order valence-electron chi connectivity index (χ4n) is 2.02. The van der Waals surface area contributed by atoms with Gasteiger partial charge in [-0.1, -0.05) is 17.8 Å². The van der Waals surface area contributed by atoms with Crippen LogP contribution in [0.3, 0.4) is 0 Å². The van der Waals surface area contributed by atoms with Crippen LogP contribution in [0, 0.1) is 0 Å². The van der Waals surface area contributed by atoms with Crippen LogP contribution in [0.5, 0.6) is 0 Å². The third kappa shape index (κ3) is 2.64. The first-order chi connectivity index (χ1) is 9.75. The van der Waals surface area contributed by atoms with Gasteiger partial charge in [-0.2, -0.15) is 0 Å². The number of carbonyl (C=O) groups is 1. The maximum absolute atomic E-state index is 12.1. The Balaban J connectivity index is 1.67. The molecule has 0 atom stereocenters. The fourth-order valence-corrected chi connectivity index (χ4v) is 3.65. The maximum Gasteiger partial charge on any atom is 0.267 e. The second-order valence-corrected chi connectivity index (χ2v) is 6.44. The summed E-state index contributed by atoms with van der Waals surface area (Å²) < 4.78 is 1.57. The number of nitrogens with zero attached hydrogens (tertiary/aromatic N) is 2. The Morgan fingerprint density at radius 3 is 3.20 bits per heavy atom. The lowest BCUT2D eigenvalue weighted by atomic mass is 10.3. The van der Waals surface area contributed by atoms with Gasteiger partial charge in [0.2, 0.25) is 0 Å². The van der Waals surface area contributed by atoms with Crippen molar-refractivity contribution in [3.63, 3.8) is 0 Å². The zero-order chi connectivity index (χ0) is 13.9. The molecule has 2 aromatic heterocycles. The molecule has 0 saturated carbocycles. The van der Waals surface area contributed by atoms with E-state index in [4.69, 9.17) is 0 Å². The lowest BCUT2D eigenvalue weighted by Crippen LogP contribution is -2.34. The number of rotatable bonds is 4. The highest BCUT2D eigenvalue weighted by Gasteiger charge is 2.19. The first kappa shape index (κ1) is 13.4. The Kier molecular flexibility index (Phi) is 3.88. The first-order valence-electron chi connectivity index (χ1n) is 6.29. The summed E-state index contributed by atoms with van der Waals surface area (Å²) in [6, 6.07) is 4.01. The molecule has 0 radical (unpaired) electrons. The number of fused-ring (bicyclic) bond motifs is 1. The van der Waals surface area contributed by atoms with Gasteiger partial charge in [0.15, 0.2) is 5.16 Å². The molecule has 2 aromatic rings. The fraction of sp³-hybridized carbons (Fsp3) is 0.308. The third-order valence-corrected chi connectivity index (χ3v) is 4.95. The van der Waals surface area contributed by atoms with Crippen molar-refractivity contribution in [2.45, 2.75) is 18.1 Å². The van der Waals surface area contributed by atoms with Gasteiger partial charge in [0.05, 0.1) is 0 Å². The minimum absolute atomic E-state index is 0.127. The summed E-state index contributed by atoms with van der Waals surface area (Å²) in [4.78, 5) is 29.6. The monoisotopic (exact) mass is 307 g/mol. The second-order valence-electron chi connectivity index (χ2n) is 4.34. The van der Waals surface area contributed by atoms with Gasteiger partial charge in [0.25, 0.3) is 11.5 Å². The van der Waals surface area contributed by atoms with Crippen LogP contribution in [0.25, 0.3) is 0 Å². The van der Waals surface area contributed by atoms with E-state index < -0.39 is 0 Å². The molecule has 0 fully saturated rings. The minimum Gasteiger partial charge on any atom is -0.351 e. The summed E-state index contributed by atoms with van der Waals surface area (Å²) in [5, 5.41) is 5.48. The predicted molar refractivity (Wildman–Crippen MR) is 79.6 cm³/mol. The molecule has 0 saturated heterocycles. The van der Waals surface area contributed by atoms with E-state index in [1.165, 1.54) is 11.1 Å². The van der Waals surface area contributed by atoms with E-state index in [9.17, 15) is 9.59 Å². The van der Waals surface area contributed by atoms with Gasteiger partial charge in [0.1, 0.15) is 5.56 Å². The number of thiophene rings is 1. The Hall–Kier alpha value is -1.60. The van der Waals surface area contributed by atoms with E-state index in [0.717, 1.165) is 12.2 Å². The van der Waals surface area contributed by atoms with Gasteiger partial charge in [-0.3, -0.25) is 14.2 Å². The topological polar surface area (TPSA) is 64.0 Å². The molecule has 5 nitrogen and oxygen atoms in total. The number of carbonyl (C=O) groups excluding carboxylic acids is 1. The lowest BCUT2D eigenvalue weighted by Gasteiger charge is -2.06. The van der Waals surface area contributed by atoms with Crippen LogP contribution in [0.2, 0.25) is 0 Å². The molecule has 1 aliphatic rings. The molecule has 0 bridgehead atoms. The summed E-state index contributed by atoms with van der Waals surface area (Å²) in [5.74, 6) is 0.498. The lowest BCUT2D eigenvalue weighted by molar-refractivity contribution is 0.0951. The molecule has 0 spiro atoms. The van der Waals surface area contributed by atoms with Crippen LogP contribution < -0.4 is 10.9 Å². The van der Waals surface area contributed by atoms with E-state index in [-0.39, 0.29) is 17.0 Å². The number of hydrogen-bond donors (Lipinski definition) is 1. The molecule has 0 aromatic carbocycles. The van der Waals surface area contributed by atoms with E-state index in [2.05, 4.69) is 10.3 Å². The predicted octanol–water partition coefficient (Wildman–Crippen LogP) is 1.38. The van der Waals surface area contributed by atoms with Crippen LogP contribution in [0.1, 0.15) is 15.2 Å². The summed E-state index contributed by atoms with van der Waals surface area (Å²) in [6.45, 7) is 1.15. The van der Waals surface area contributed by atoms with Gasteiger partial charge in [-0.05, 0) is 17.9 Å². The zero-order valence-electron chi connectivity index (χ0n) is 10.7. The van der Waals surface area contributed by atoms with Crippen LogP contribution in [0.4, 0.5) is 0 Å². The van der Waals surface area contributed by atoms with Crippen molar-refractivity contribution >= 4 is 29.0 Å². The third-order valence-electron chi connectivity index (χ3n) is 3.04. The normalized spacial score (nSPS) is 13.2. The van der Waals surface area contributed by atoms with Crippen molar-refractivity contribution in [2.75, 3.05) is 12.3 Å². The number of thioether (sulfide) groups is 1. The van der Waals surface area contributed by atoms with E-state index in [0.29, 0.717) is 18.2 Å². The molecule has 1 amide bonds. The molecule has 3 heterocycles. The highest BCUT2D eigenvalue weighted by Crippen LogP contribution is 2.20. The van der Waals surface area contributed by atoms with Gasteiger partial charge in [0, 0.05) is 29.9 Å². The van der Waals surface area contributed by atoms with Crippen LogP contribution in [0.15, 0.2) is 33.7 Å². The Morgan fingerprint density at radius 2 is 2.40 bits per heavy atom. The molecular weight excluding hydrogens is 294 g/mol. The molecule has 1 aliphatic heterocycles. The average molecular weight is 307 g/mol. The van der Waals surface area contributed by atoms with E-state index >= 15 is 0 Å². The van der Waals surface area contributed by atoms with Crippen molar-refractivity contribution in [1.82, 2.24) is 14.9 Å². The highest BCUT2D eigenvalue weighted by molar-refractivity contribution is 7.99. The Bertz CT molecular complexity index is 679. The zero-order valence-corrected chi connectivity index (χ0v) is 12.3. The smallest absolute Gasteiger partial charge is 0.267 e. The van der Waals surface area contributed by atoms with E-state index in [1.54, 1.807) is 27.7 Å². The van der Waals surface area contributed by atoms with Crippen molar-refractivity contribution in [3.8, 4) is 0 Å². The number of amides is 1. The largest absolute Gasteiger partial charge is 0.351 e. The first-order valence-corrected chi connectivity index (χ1v) is 8.15. The molecule has 7 heteroatoms. The van der Waals surface area contributed by atoms with Crippen LogP contribution in [-0.2, 0) is 13.0 Å². The molecule has 0 unspecified atom stereocenters. The summed E-state index contributed by atoms with van der Waals surface area (Å²) in [6.07, 6.45) is 2.16. The number of aromatic nitrogens is 2. The molecule has 1 N–H and O–H groups in total. The standard InChI is InChI=1S/C13H13N3O2S2/c17-11(14-4-3-9-2-1-6-19-9)10-8-15-13-16(12(10)18)5-7-20-13/h1-2,6,8H,3-5,7H2,(H,14,17). The molecule has 0 aliphatic carbocycles. The van der Waals surface area contributed by atoms with Crippen molar-refractivity contribution in [1.29, 1.82) is 0 Å². The molecular formula is C13H13N3O2S2. The highest BCUT2D eigenvalue weighted by atomic mass is 32.2. The Morgan fingerprint density at radius 1 is 1.50 bits per heavy atom. The molecule has 20 heavy (non-hydrogen) atoms. The quantitative estimate of drug-likeness (QED) is 0.867. The number of hydrogen-bond acceptors (Lipinski definition) is 5. The van der Waals surface area contributed by atoms with Gasteiger partial charge in [-0.25, -0.2) is 4.98 Å². The van der Waals surface area contributed by atoms with Gasteiger partial charge < -0.3 is 5.32 Å². The van der Waals surface area contributed by atoms with Crippen molar-refractivity contribution < 1.29 is 4.79 Å². The van der Waals surface area contributed by atoms with Gasteiger partial charge in [-0.15, -0.1) is 11.3 Å². The summed E-state index contributed by atoms with van der Waals surface area (Å²) in [7, 11) is 0. The summed E-state index contributed by atoms with van der Waals surface area (Å²) >= 11 is 3.20. The van der Waals surface area contributed by atoms with Crippen molar-refractivity contribution in [2.24, 2.45) is 0 Å². The van der Waals surface area contributed by atoms with Crippen molar-refractivity contribution in [3.05, 3.63) is 44.5 Å². The van der Waals surface area contributed by atoms with Crippen LogP contribution in [-0.4, -0.2) is 27.8 Å². The maximum atomic E-state index is 12.1. The van der Waals surface area contributed by atoms with E-state index in [1.807, 2.05) is 17.5 Å². The summed E-state index contributed by atoms with van der Waals surface area (Å²) in [5.41, 5.74) is -0.115. The SMILES string of the molecule is O=C(NCCc1cccs1)c1cnc2n(c1=O)CCS2. The number of nitrogens with one attached hydrogen (secondary N) is 1. The minimum atomic E-state index is -0.341. The van der Waals surface area contributed by atoms with Crippen LogP contribution >= 0.6 is 23.1 Å². The average Bonchev–Trinajstić information content (AvgIpc) is 3.09. The van der Waals surface area contributed by atoms with Gasteiger partial charge >= 0.3 is 0 Å². The molecule has 3 rings (SSSR count).